The first-order chi connectivity index (χ1) is 10.4. The largest absolute Gasteiger partial charge is 0.480 e. The normalized spacial score (nSPS) is 26.4. The van der Waals surface area contributed by atoms with Gasteiger partial charge in [-0.05, 0) is 19.6 Å². The Labute approximate surface area is 133 Å². The molecule has 1 aromatic carbocycles. The lowest BCUT2D eigenvalue weighted by Crippen LogP contribution is -2.53. The van der Waals surface area contributed by atoms with Crippen LogP contribution in [0.15, 0.2) is 35.6 Å². The van der Waals surface area contributed by atoms with Crippen LogP contribution in [0.25, 0.3) is 0 Å². The minimum Gasteiger partial charge on any atom is -0.480 e. The van der Waals surface area contributed by atoms with Crippen molar-refractivity contribution in [2.75, 3.05) is 5.75 Å². The van der Waals surface area contributed by atoms with Crippen molar-refractivity contribution in [3.05, 3.63) is 46.7 Å². The number of thioether (sulfide) groups is 1. The van der Waals surface area contributed by atoms with E-state index >= 15 is 0 Å². The highest BCUT2D eigenvalue weighted by atomic mass is 32.2. The second-order valence-corrected chi connectivity index (χ2v) is 7.39. The zero-order valence-electron chi connectivity index (χ0n) is 12.8. The number of carbonyl (C=O) groups is 2. The highest BCUT2D eigenvalue weighted by molar-refractivity contribution is 8.00. The molecule has 0 aromatic heterocycles. The fourth-order valence-corrected chi connectivity index (χ4v) is 4.18. The molecule has 1 aliphatic carbocycles. The molecule has 0 bridgehead atoms. The van der Waals surface area contributed by atoms with Crippen molar-refractivity contribution in [1.29, 1.82) is 0 Å². The van der Waals surface area contributed by atoms with Crippen LogP contribution in [0.1, 0.15) is 41.5 Å². The van der Waals surface area contributed by atoms with Gasteiger partial charge in [0.1, 0.15) is 11.7 Å². The summed E-state index contributed by atoms with van der Waals surface area (Å²) in [7, 11) is 0. The zero-order valence-corrected chi connectivity index (χ0v) is 13.6. The van der Waals surface area contributed by atoms with Gasteiger partial charge in [-0.2, -0.15) is 11.8 Å². The van der Waals surface area contributed by atoms with E-state index in [4.69, 9.17) is 4.74 Å². The lowest BCUT2D eigenvalue weighted by atomic mass is 9.80. The number of hydrogen-bond donors (Lipinski definition) is 1. The standard InChI is InChI=1S/C17H18O4S/c1-4-22-15-11-12(18)9-7-5-6-8-10(9)13(19)14(11)21-17(2,3)16(15)20/h5-8,15-16,20H,4H2,1-3H3/t15-,16-/m1/s1. The molecule has 5 heteroatoms. The molecule has 0 saturated carbocycles. The molecule has 1 N–H and O–H groups in total. The van der Waals surface area contributed by atoms with Crippen molar-refractivity contribution in [2.24, 2.45) is 0 Å². The van der Waals surface area contributed by atoms with E-state index in [2.05, 4.69) is 0 Å². The number of hydrogen-bond acceptors (Lipinski definition) is 5. The summed E-state index contributed by atoms with van der Waals surface area (Å²) >= 11 is 1.47. The Kier molecular flexibility index (Phi) is 3.65. The maximum atomic E-state index is 12.8. The number of allylic oxidation sites excluding steroid dienone is 1. The summed E-state index contributed by atoms with van der Waals surface area (Å²) in [5.74, 6) is 0.347. The summed E-state index contributed by atoms with van der Waals surface area (Å²) in [6, 6.07) is 6.76. The van der Waals surface area contributed by atoms with E-state index in [1.54, 1.807) is 38.1 Å². The van der Waals surface area contributed by atoms with E-state index in [1.165, 1.54) is 11.8 Å². The third kappa shape index (κ3) is 2.11. The van der Waals surface area contributed by atoms with Crippen LogP contribution in [0.5, 0.6) is 0 Å². The second kappa shape index (κ2) is 5.25. The molecule has 22 heavy (non-hydrogen) atoms. The number of ketones is 2. The maximum absolute atomic E-state index is 12.8. The quantitative estimate of drug-likeness (QED) is 0.908. The van der Waals surface area contributed by atoms with Crippen LogP contribution in [0.3, 0.4) is 0 Å². The third-order valence-electron chi connectivity index (χ3n) is 4.11. The first-order valence-electron chi connectivity index (χ1n) is 7.29. The number of carbonyl (C=O) groups excluding carboxylic acids is 2. The summed E-state index contributed by atoms with van der Waals surface area (Å²) in [5, 5.41) is 10.1. The molecule has 0 spiro atoms. The molecule has 116 valence electrons. The van der Waals surface area contributed by atoms with Crippen molar-refractivity contribution in [1.82, 2.24) is 0 Å². The Morgan fingerprint density at radius 2 is 1.77 bits per heavy atom. The number of Topliss-reactive ketones (excluding diaryl/α,β-unsaturated/α-hetero) is 2. The molecule has 1 aromatic rings. The number of aliphatic hydroxyl groups excluding tert-OH is 1. The summed E-state index contributed by atoms with van der Waals surface area (Å²) in [6.07, 6.45) is -0.849. The van der Waals surface area contributed by atoms with Crippen molar-refractivity contribution in [3.63, 3.8) is 0 Å². The lowest BCUT2D eigenvalue weighted by molar-refractivity contribution is -0.0769. The summed E-state index contributed by atoms with van der Waals surface area (Å²) < 4.78 is 5.75. The average Bonchev–Trinajstić information content (AvgIpc) is 2.49. The van der Waals surface area contributed by atoms with Crippen molar-refractivity contribution in [3.8, 4) is 0 Å². The van der Waals surface area contributed by atoms with Crippen molar-refractivity contribution < 1.29 is 19.4 Å². The maximum Gasteiger partial charge on any atom is 0.228 e. The predicted molar refractivity (Wildman–Crippen MR) is 85.2 cm³/mol. The van der Waals surface area contributed by atoms with Crippen LogP contribution >= 0.6 is 11.8 Å². The van der Waals surface area contributed by atoms with Crippen LogP contribution in [0.2, 0.25) is 0 Å². The van der Waals surface area contributed by atoms with Gasteiger partial charge in [0.2, 0.25) is 5.78 Å². The number of benzene rings is 1. The SMILES string of the molecule is CCS[C@@H]1C2=C(OC(C)(C)[C@@H]1O)C(=O)c1ccccc1C2=O. The molecule has 3 rings (SSSR count). The first-order valence-corrected chi connectivity index (χ1v) is 8.34. The minimum absolute atomic E-state index is 0.102. The molecule has 1 aliphatic heterocycles. The highest BCUT2D eigenvalue weighted by Gasteiger charge is 2.50. The van der Waals surface area contributed by atoms with Crippen LogP contribution in [0.4, 0.5) is 0 Å². The number of aliphatic hydroxyl groups is 1. The van der Waals surface area contributed by atoms with Crippen LogP contribution < -0.4 is 0 Å². The Hall–Kier alpha value is -1.59. The number of fused-ring (bicyclic) bond motifs is 1. The van der Waals surface area contributed by atoms with Gasteiger partial charge in [-0.15, -0.1) is 0 Å². The highest BCUT2D eigenvalue weighted by Crippen LogP contribution is 2.43. The molecule has 0 saturated heterocycles. The van der Waals surface area contributed by atoms with Crippen LogP contribution in [0, 0.1) is 0 Å². The molecule has 4 nitrogen and oxygen atoms in total. The molecule has 0 fully saturated rings. The smallest absolute Gasteiger partial charge is 0.228 e. The molecule has 0 radical (unpaired) electrons. The van der Waals surface area contributed by atoms with E-state index in [1.807, 2.05) is 6.92 Å². The average molecular weight is 318 g/mol. The van der Waals surface area contributed by atoms with Crippen molar-refractivity contribution >= 4 is 23.3 Å². The van der Waals surface area contributed by atoms with Crippen LogP contribution in [-0.2, 0) is 4.74 Å². The Bertz CT molecular complexity index is 690. The molecular weight excluding hydrogens is 300 g/mol. The van der Waals surface area contributed by atoms with E-state index in [0.29, 0.717) is 16.7 Å². The molecular formula is C17H18O4S. The van der Waals surface area contributed by atoms with Gasteiger partial charge in [0.15, 0.2) is 11.5 Å². The van der Waals surface area contributed by atoms with Gasteiger partial charge < -0.3 is 9.84 Å². The number of ether oxygens (including phenoxy) is 1. The summed E-state index contributed by atoms with van der Waals surface area (Å²) in [4.78, 5) is 25.5. The van der Waals surface area contributed by atoms with Gasteiger partial charge in [0.25, 0.3) is 0 Å². The van der Waals surface area contributed by atoms with E-state index in [0.717, 1.165) is 5.75 Å². The molecule has 0 unspecified atom stereocenters. The van der Waals surface area contributed by atoms with Gasteiger partial charge in [0, 0.05) is 11.1 Å². The van der Waals surface area contributed by atoms with Crippen LogP contribution in [-0.4, -0.2) is 39.4 Å². The van der Waals surface area contributed by atoms with E-state index in [-0.39, 0.29) is 17.3 Å². The Morgan fingerprint density at radius 1 is 1.18 bits per heavy atom. The third-order valence-corrected chi connectivity index (χ3v) is 5.29. The Morgan fingerprint density at radius 3 is 2.36 bits per heavy atom. The first kappa shape index (κ1) is 15.3. The van der Waals surface area contributed by atoms with E-state index in [9.17, 15) is 14.7 Å². The fraction of sp³-hybridized carbons (Fsp3) is 0.412. The molecule has 2 aliphatic rings. The van der Waals surface area contributed by atoms with Gasteiger partial charge in [0.05, 0.1) is 10.8 Å². The van der Waals surface area contributed by atoms with Gasteiger partial charge in [-0.3, -0.25) is 9.59 Å². The zero-order chi connectivity index (χ0) is 16.1. The fourth-order valence-electron chi connectivity index (χ4n) is 2.93. The summed E-state index contributed by atoms with van der Waals surface area (Å²) in [6.45, 7) is 5.44. The van der Waals surface area contributed by atoms with Gasteiger partial charge >= 0.3 is 0 Å². The monoisotopic (exact) mass is 318 g/mol. The molecule has 1 heterocycles. The predicted octanol–water partition coefficient (Wildman–Crippen LogP) is 2.61. The topological polar surface area (TPSA) is 63.6 Å². The molecule has 0 amide bonds. The molecule has 2 atom stereocenters. The van der Waals surface area contributed by atoms with Gasteiger partial charge in [-0.1, -0.05) is 31.2 Å². The van der Waals surface area contributed by atoms with Gasteiger partial charge in [-0.25, -0.2) is 0 Å². The van der Waals surface area contributed by atoms with Crippen molar-refractivity contribution in [2.45, 2.75) is 37.7 Å². The number of rotatable bonds is 2. The minimum atomic E-state index is -0.909. The second-order valence-electron chi connectivity index (χ2n) is 5.97. The lowest BCUT2D eigenvalue weighted by Gasteiger charge is -2.43. The Balaban J connectivity index is 2.20. The summed E-state index contributed by atoms with van der Waals surface area (Å²) in [5.41, 5.74) is 0.165. The van der Waals surface area contributed by atoms with E-state index < -0.39 is 17.0 Å².